The summed E-state index contributed by atoms with van der Waals surface area (Å²) in [5.74, 6) is 0.371. The van der Waals surface area contributed by atoms with Crippen molar-refractivity contribution in [1.82, 2.24) is 9.62 Å². The number of benzene rings is 2. The molecular weight excluding hydrogens is 419 g/mol. The van der Waals surface area contributed by atoms with Crippen LogP contribution in [0.4, 0.5) is 4.39 Å². The Hall–Kier alpha value is -1.71. The summed E-state index contributed by atoms with van der Waals surface area (Å²) in [6.45, 7) is 2.88. The third-order valence-electron chi connectivity index (χ3n) is 5.18. The van der Waals surface area contributed by atoms with Crippen LogP contribution in [0.15, 0.2) is 41.3 Å². The Balaban J connectivity index is 1.37. The van der Waals surface area contributed by atoms with Gasteiger partial charge in [-0.1, -0.05) is 11.6 Å². The van der Waals surface area contributed by atoms with Crippen molar-refractivity contribution in [2.45, 2.75) is 36.9 Å². The lowest BCUT2D eigenvalue weighted by Crippen LogP contribution is -2.44. The zero-order valence-electron chi connectivity index (χ0n) is 15.7. The number of sulfonamides is 1. The molecule has 2 aromatic rings. The van der Waals surface area contributed by atoms with Gasteiger partial charge in [-0.15, -0.1) is 0 Å². The van der Waals surface area contributed by atoms with Gasteiger partial charge in [0.25, 0.3) is 0 Å². The van der Waals surface area contributed by atoms with Crippen molar-refractivity contribution >= 4 is 21.6 Å². The minimum Gasteiger partial charge on any atom is -0.467 e. The van der Waals surface area contributed by atoms with Crippen molar-refractivity contribution in [3.63, 3.8) is 0 Å². The van der Waals surface area contributed by atoms with Gasteiger partial charge in [0, 0.05) is 41.8 Å². The van der Waals surface area contributed by atoms with Crippen LogP contribution in [-0.4, -0.2) is 39.2 Å². The standard InChI is InChI=1S/C20H22ClFN2O4S/c21-16-9-14(20-15(10-16)12-27-13-28-20)11-24-7-5-18(6-8-24)23-29(25,26)19-3-1-17(22)2-4-19/h1-4,9-10,18,23H,5-8,11-13H2. The maximum atomic E-state index is 13.0. The zero-order chi connectivity index (χ0) is 20.4. The molecule has 0 unspecified atom stereocenters. The molecule has 0 radical (unpaired) electrons. The zero-order valence-corrected chi connectivity index (χ0v) is 17.3. The average molecular weight is 441 g/mol. The van der Waals surface area contributed by atoms with E-state index in [0.717, 1.165) is 42.1 Å². The second-order valence-electron chi connectivity index (χ2n) is 7.29. The highest BCUT2D eigenvalue weighted by molar-refractivity contribution is 7.89. The minimum atomic E-state index is -3.66. The third-order valence-corrected chi connectivity index (χ3v) is 6.93. The number of likely N-dealkylation sites (tertiary alicyclic amines) is 1. The normalized spacial score (nSPS) is 18.3. The maximum absolute atomic E-state index is 13.0. The largest absolute Gasteiger partial charge is 0.467 e. The van der Waals surface area contributed by atoms with Gasteiger partial charge >= 0.3 is 0 Å². The van der Waals surface area contributed by atoms with E-state index in [0.29, 0.717) is 31.0 Å². The van der Waals surface area contributed by atoms with E-state index in [9.17, 15) is 12.8 Å². The molecule has 0 atom stereocenters. The van der Waals surface area contributed by atoms with E-state index < -0.39 is 15.8 Å². The van der Waals surface area contributed by atoms with E-state index in [-0.39, 0.29) is 17.7 Å². The first-order valence-corrected chi connectivity index (χ1v) is 11.3. The Morgan fingerprint density at radius 3 is 2.62 bits per heavy atom. The molecule has 0 spiro atoms. The molecule has 6 nitrogen and oxygen atoms in total. The Morgan fingerprint density at radius 2 is 1.90 bits per heavy atom. The fourth-order valence-corrected chi connectivity index (χ4v) is 5.29. The SMILES string of the molecule is O=S(=O)(NC1CCN(Cc2cc(Cl)cc3c2OCOC3)CC1)c1ccc(F)cc1. The summed E-state index contributed by atoms with van der Waals surface area (Å²) >= 11 is 6.23. The predicted octanol–water partition coefficient (Wildman–Crippen LogP) is 3.29. The van der Waals surface area contributed by atoms with Crippen LogP contribution >= 0.6 is 11.6 Å². The number of piperidine rings is 1. The van der Waals surface area contributed by atoms with Gasteiger partial charge in [0.15, 0.2) is 6.79 Å². The monoisotopic (exact) mass is 440 g/mol. The fourth-order valence-electron chi connectivity index (χ4n) is 3.73. The highest BCUT2D eigenvalue weighted by Crippen LogP contribution is 2.33. The molecule has 1 fully saturated rings. The Labute approximate surface area is 174 Å². The molecule has 9 heteroatoms. The second-order valence-corrected chi connectivity index (χ2v) is 9.44. The fraction of sp³-hybridized carbons (Fsp3) is 0.400. The number of fused-ring (bicyclic) bond motifs is 1. The van der Waals surface area contributed by atoms with E-state index in [1.54, 1.807) is 0 Å². The minimum absolute atomic E-state index is 0.0752. The molecule has 29 heavy (non-hydrogen) atoms. The van der Waals surface area contributed by atoms with Crippen LogP contribution in [0.2, 0.25) is 5.02 Å². The van der Waals surface area contributed by atoms with Crippen LogP contribution in [0.1, 0.15) is 24.0 Å². The van der Waals surface area contributed by atoms with E-state index in [4.69, 9.17) is 21.1 Å². The van der Waals surface area contributed by atoms with Crippen molar-refractivity contribution in [1.29, 1.82) is 0 Å². The molecule has 0 saturated carbocycles. The highest BCUT2D eigenvalue weighted by atomic mass is 35.5. The molecule has 4 rings (SSSR count). The van der Waals surface area contributed by atoms with Crippen molar-refractivity contribution < 1.29 is 22.3 Å². The lowest BCUT2D eigenvalue weighted by Gasteiger charge is -2.33. The molecule has 1 saturated heterocycles. The lowest BCUT2D eigenvalue weighted by molar-refractivity contribution is -0.0175. The van der Waals surface area contributed by atoms with Crippen molar-refractivity contribution in [2.24, 2.45) is 0 Å². The molecule has 2 aromatic carbocycles. The quantitative estimate of drug-likeness (QED) is 0.772. The van der Waals surface area contributed by atoms with Crippen LogP contribution in [-0.2, 0) is 27.9 Å². The Bertz CT molecular complexity index is 977. The van der Waals surface area contributed by atoms with Gasteiger partial charge in [-0.05, 0) is 49.2 Å². The molecule has 0 amide bonds. The van der Waals surface area contributed by atoms with Crippen LogP contribution in [0, 0.1) is 5.82 Å². The molecule has 2 aliphatic rings. The topological polar surface area (TPSA) is 67.9 Å². The molecule has 0 aliphatic carbocycles. The molecule has 0 bridgehead atoms. The first-order chi connectivity index (χ1) is 13.9. The van der Waals surface area contributed by atoms with Gasteiger partial charge in [-0.3, -0.25) is 4.90 Å². The molecule has 156 valence electrons. The number of nitrogens with zero attached hydrogens (tertiary/aromatic N) is 1. The number of rotatable bonds is 5. The molecule has 0 aromatic heterocycles. The van der Waals surface area contributed by atoms with Gasteiger partial charge in [-0.25, -0.2) is 17.5 Å². The molecule has 2 heterocycles. The average Bonchev–Trinajstić information content (AvgIpc) is 2.69. The lowest BCUT2D eigenvalue weighted by atomic mass is 10.0. The maximum Gasteiger partial charge on any atom is 0.240 e. The summed E-state index contributed by atoms with van der Waals surface area (Å²) in [6.07, 6.45) is 1.38. The first-order valence-electron chi connectivity index (χ1n) is 9.43. The van der Waals surface area contributed by atoms with Crippen molar-refractivity contribution in [3.8, 4) is 5.75 Å². The van der Waals surface area contributed by atoms with Crippen LogP contribution in [0.3, 0.4) is 0 Å². The van der Waals surface area contributed by atoms with Crippen LogP contribution in [0.5, 0.6) is 5.75 Å². The number of hydrogen-bond acceptors (Lipinski definition) is 5. The van der Waals surface area contributed by atoms with Gasteiger partial charge in [-0.2, -0.15) is 0 Å². The van der Waals surface area contributed by atoms with E-state index in [1.165, 1.54) is 12.1 Å². The molecular formula is C20H22ClFN2O4S. The summed E-state index contributed by atoms with van der Waals surface area (Å²) in [7, 11) is -3.66. The van der Waals surface area contributed by atoms with Crippen molar-refractivity contribution in [3.05, 3.63) is 58.4 Å². The number of ether oxygens (including phenoxy) is 2. The highest BCUT2D eigenvalue weighted by Gasteiger charge is 2.26. The Morgan fingerprint density at radius 1 is 1.17 bits per heavy atom. The summed E-state index contributed by atoms with van der Waals surface area (Å²) < 4.78 is 51.7. The number of nitrogens with one attached hydrogen (secondary N) is 1. The summed E-state index contributed by atoms with van der Waals surface area (Å²) in [5.41, 5.74) is 1.96. The van der Waals surface area contributed by atoms with Gasteiger partial charge < -0.3 is 9.47 Å². The summed E-state index contributed by atoms with van der Waals surface area (Å²) in [5, 5.41) is 0.648. The van der Waals surface area contributed by atoms with Crippen LogP contribution < -0.4 is 9.46 Å². The van der Waals surface area contributed by atoms with E-state index in [1.807, 2.05) is 12.1 Å². The third kappa shape index (κ3) is 4.90. The summed E-state index contributed by atoms with van der Waals surface area (Å²) in [4.78, 5) is 2.33. The van der Waals surface area contributed by atoms with Gasteiger partial charge in [0.1, 0.15) is 11.6 Å². The molecule has 2 aliphatic heterocycles. The smallest absolute Gasteiger partial charge is 0.240 e. The molecule has 1 N–H and O–H groups in total. The van der Waals surface area contributed by atoms with E-state index >= 15 is 0 Å². The number of hydrogen-bond donors (Lipinski definition) is 1. The predicted molar refractivity (Wildman–Crippen MR) is 107 cm³/mol. The Kier molecular flexibility index (Phi) is 6.08. The van der Waals surface area contributed by atoms with Crippen molar-refractivity contribution in [2.75, 3.05) is 19.9 Å². The second kappa shape index (κ2) is 8.57. The summed E-state index contributed by atoms with van der Waals surface area (Å²) in [6, 6.07) is 8.47. The van der Waals surface area contributed by atoms with Gasteiger partial charge in [0.05, 0.1) is 11.5 Å². The van der Waals surface area contributed by atoms with E-state index in [2.05, 4.69) is 9.62 Å². The number of halogens is 2. The van der Waals surface area contributed by atoms with Crippen LogP contribution in [0.25, 0.3) is 0 Å². The first kappa shape index (κ1) is 20.6. The van der Waals surface area contributed by atoms with Gasteiger partial charge in [0.2, 0.25) is 10.0 Å².